The molecule has 0 atom stereocenters. The second kappa shape index (κ2) is 9.28. The predicted octanol–water partition coefficient (Wildman–Crippen LogP) is 3.18. The van der Waals surface area contributed by atoms with Crippen LogP contribution in [0.1, 0.15) is 62.2 Å². The third-order valence-corrected chi connectivity index (χ3v) is 5.92. The van der Waals surface area contributed by atoms with Gasteiger partial charge in [-0.15, -0.1) is 0 Å². The minimum absolute atomic E-state index is 0.282. The summed E-state index contributed by atoms with van der Waals surface area (Å²) in [6.07, 6.45) is 5.89. The summed E-state index contributed by atoms with van der Waals surface area (Å²) in [5.74, 6) is -1.15. The average molecular weight is 415 g/mol. The molecule has 0 aromatic heterocycles. The maximum Gasteiger partial charge on any atom is 0.338 e. The van der Waals surface area contributed by atoms with Crippen molar-refractivity contribution in [2.45, 2.75) is 57.4 Å². The molecule has 3 rings (SSSR count). The molecular weight excluding hydrogens is 386 g/mol. The van der Waals surface area contributed by atoms with Crippen molar-refractivity contribution in [3.8, 4) is 0 Å². The number of urea groups is 1. The summed E-state index contributed by atoms with van der Waals surface area (Å²) >= 11 is 0. The number of hydrogen-bond acceptors (Lipinski definition) is 5. The Hall–Kier alpha value is -2.90. The van der Waals surface area contributed by atoms with E-state index in [4.69, 9.17) is 4.74 Å². The Labute approximate surface area is 176 Å². The fourth-order valence-corrected chi connectivity index (χ4v) is 4.10. The van der Waals surface area contributed by atoms with Gasteiger partial charge in [-0.1, -0.05) is 32.6 Å². The van der Waals surface area contributed by atoms with Crippen LogP contribution in [0.15, 0.2) is 24.3 Å². The molecule has 1 aliphatic carbocycles. The average Bonchev–Trinajstić information content (AvgIpc) is 2.91. The number of benzene rings is 1. The van der Waals surface area contributed by atoms with Crippen LogP contribution in [-0.4, -0.2) is 59.4 Å². The molecule has 1 spiro atoms. The lowest BCUT2D eigenvalue weighted by Crippen LogP contribution is -2.49. The van der Waals surface area contributed by atoms with Crippen LogP contribution in [0.3, 0.4) is 0 Å². The van der Waals surface area contributed by atoms with Gasteiger partial charge in [0, 0.05) is 12.7 Å². The number of imide groups is 1. The van der Waals surface area contributed by atoms with E-state index < -0.39 is 23.4 Å². The first-order valence-electron chi connectivity index (χ1n) is 10.6. The van der Waals surface area contributed by atoms with Crippen LogP contribution in [0.25, 0.3) is 0 Å². The highest BCUT2D eigenvalue weighted by molar-refractivity contribution is 6.10. The van der Waals surface area contributed by atoms with Crippen LogP contribution < -0.4 is 5.32 Å². The minimum Gasteiger partial charge on any atom is -0.462 e. The van der Waals surface area contributed by atoms with Crippen LogP contribution in [0.4, 0.5) is 10.5 Å². The van der Waals surface area contributed by atoms with Crippen molar-refractivity contribution in [2.24, 2.45) is 0 Å². The maximum atomic E-state index is 13.0. The summed E-state index contributed by atoms with van der Waals surface area (Å²) in [4.78, 5) is 52.5. The standard InChI is InChI=1S/C22H29N3O5/c1-3-4-14-30-19(27)16-8-10-17(11-9-16)23-18(26)15-25-20(28)22(24(2)21(25)29)12-6-5-7-13-22/h8-11H,3-7,12-15H2,1-2H3,(H,23,26). The summed E-state index contributed by atoms with van der Waals surface area (Å²) in [5.41, 5.74) is 0.0786. The molecule has 1 heterocycles. The van der Waals surface area contributed by atoms with Crippen molar-refractivity contribution in [1.29, 1.82) is 0 Å². The Balaban J connectivity index is 1.58. The maximum absolute atomic E-state index is 13.0. The first-order valence-corrected chi connectivity index (χ1v) is 10.6. The van der Waals surface area contributed by atoms with E-state index in [9.17, 15) is 19.2 Å². The first kappa shape index (κ1) is 21.8. The number of carbonyl (C=O) groups excluding carboxylic acids is 4. The fraction of sp³-hybridized carbons (Fsp3) is 0.545. The number of ether oxygens (including phenoxy) is 1. The van der Waals surface area contributed by atoms with E-state index in [2.05, 4.69) is 5.32 Å². The number of nitrogens with zero attached hydrogens (tertiary/aromatic N) is 2. The fourth-order valence-electron chi connectivity index (χ4n) is 4.10. The van der Waals surface area contributed by atoms with Crippen LogP contribution in [0, 0.1) is 0 Å². The van der Waals surface area contributed by atoms with Crippen molar-refractivity contribution in [3.63, 3.8) is 0 Å². The van der Waals surface area contributed by atoms with Crippen LogP contribution in [0.5, 0.6) is 0 Å². The molecular formula is C22H29N3O5. The number of amides is 4. The summed E-state index contributed by atoms with van der Waals surface area (Å²) in [5, 5.41) is 2.68. The van der Waals surface area contributed by atoms with E-state index in [0.29, 0.717) is 30.7 Å². The lowest BCUT2D eigenvalue weighted by Gasteiger charge is -2.35. The molecule has 1 aromatic rings. The Bertz CT molecular complexity index is 815. The summed E-state index contributed by atoms with van der Waals surface area (Å²) in [6, 6.07) is 5.90. The van der Waals surface area contributed by atoms with Gasteiger partial charge in [0.05, 0.1) is 12.2 Å². The van der Waals surface area contributed by atoms with E-state index in [1.165, 1.54) is 4.90 Å². The van der Waals surface area contributed by atoms with Gasteiger partial charge < -0.3 is 15.0 Å². The van der Waals surface area contributed by atoms with E-state index in [0.717, 1.165) is 37.0 Å². The van der Waals surface area contributed by atoms with Gasteiger partial charge in [0.15, 0.2) is 0 Å². The molecule has 8 nitrogen and oxygen atoms in total. The Morgan fingerprint density at radius 1 is 1.10 bits per heavy atom. The van der Waals surface area contributed by atoms with Crippen molar-refractivity contribution < 1.29 is 23.9 Å². The summed E-state index contributed by atoms with van der Waals surface area (Å²) in [7, 11) is 1.64. The van der Waals surface area contributed by atoms with Gasteiger partial charge in [0.25, 0.3) is 5.91 Å². The largest absolute Gasteiger partial charge is 0.462 e. The lowest BCUT2D eigenvalue weighted by atomic mass is 9.81. The van der Waals surface area contributed by atoms with E-state index in [1.807, 2.05) is 6.92 Å². The molecule has 0 unspecified atom stereocenters. The number of rotatable bonds is 7. The van der Waals surface area contributed by atoms with Gasteiger partial charge in [-0.3, -0.25) is 14.5 Å². The SMILES string of the molecule is CCCCOC(=O)c1ccc(NC(=O)CN2C(=O)N(C)C3(CCCCC3)C2=O)cc1. The quantitative estimate of drug-likeness (QED) is 0.419. The normalized spacial score (nSPS) is 18.1. The number of esters is 1. The molecule has 1 N–H and O–H groups in total. The van der Waals surface area contributed by atoms with Crippen molar-refractivity contribution >= 4 is 29.5 Å². The molecule has 2 aliphatic rings. The monoisotopic (exact) mass is 415 g/mol. The zero-order valence-corrected chi connectivity index (χ0v) is 17.6. The number of unbranched alkanes of at least 4 members (excludes halogenated alkanes) is 1. The number of likely N-dealkylation sites (N-methyl/N-ethyl adjacent to an activating group) is 1. The van der Waals surface area contributed by atoms with E-state index in [1.54, 1.807) is 31.3 Å². The van der Waals surface area contributed by atoms with Gasteiger partial charge in [0.1, 0.15) is 12.1 Å². The highest BCUT2D eigenvalue weighted by atomic mass is 16.5. The zero-order valence-electron chi connectivity index (χ0n) is 17.6. The predicted molar refractivity (Wildman–Crippen MR) is 111 cm³/mol. The highest BCUT2D eigenvalue weighted by Crippen LogP contribution is 2.39. The first-order chi connectivity index (χ1) is 14.4. The van der Waals surface area contributed by atoms with Crippen LogP contribution in [-0.2, 0) is 14.3 Å². The third kappa shape index (κ3) is 4.32. The lowest BCUT2D eigenvalue weighted by molar-refractivity contribution is -0.136. The van der Waals surface area contributed by atoms with E-state index >= 15 is 0 Å². The molecule has 0 bridgehead atoms. The number of hydrogen-bond donors (Lipinski definition) is 1. The van der Waals surface area contributed by atoms with Gasteiger partial charge in [-0.05, 0) is 43.5 Å². The topological polar surface area (TPSA) is 96.0 Å². The van der Waals surface area contributed by atoms with E-state index in [-0.39, 0.29) is 12.5 Å². The van der Waals surface area contributed by atoms with Crippen molar-refractivity contribution in [1.82, 2.24) is 9.80 Å². The summed E-state index contributed by atoms with van der Waals surface area (Å²) in [6.45, 7) is 2.06. The Morgan fingerprint density at radius 2 is 1.77 bits per heavy atom. The van der Waals surface area contributed by atoms with Crippen molar-refractivity contribution in [2.75, 3.05) is 25.5 Å². The Morgan fingerprint density at radius 3 is 2.40 bits per heavy atom. The molecule has 8 heteroatoms. The number of nitrogens with one attached hydrogen (secondary N) is 1. The smallest absolute Gasteiger partial charge is 0.338 e. The molecule has 2 fully saturated rings. The molecule has 1 saturated carbocycles. The Kier molecular flexibility index (Phi) is 6.74. The molecule has 1 saturated heterocycles. The zero-order chi connectivity index (χ0) is 21.7. The second-order valence-electron chi connectivity index (χ2n) is 7.94. The molecule has 30 heavy (non-hydrogen) atoms. The molecule has 1 aromatic carbocycles. The molecule has 4 amide bonds. The van der Waals surface area contributed by atoms with Gasteiger partial charge in [0.2, 0.25) is 5.91 Å². The molecule has 162 valence electrons. The number of anilines is 1. The van der Waals surface area contributed by atoms with Crippen molar-refractivity contribution in [3.05, 3.63) is 29.8 Å². The van der Waals surface area contributed by atoms with Crippen LogP contribution >= 0.6 is 0 Å². The van der Waals surface area contributed by atoms with Gasteiger partial charge in [-0.2, -0.15) is 0 Å². The summed E-state index contributed by atoms with van der Waals surface area (Å²) < 4.78 is 5.15. The van der Waals surface area contributed by atoms with Crippen LogP contribution in [0.2, 0.25) is 0 Å². The molecule has 0 radical (unpaired) electrons. The third-order valence-electron chi connectivity index (χ3n) is 5.92. The highest BCUT2D eigenvalue weighted by Gasteiger charge is 2.55. The van der Waals surface area contributed by atoms with Gasteiger partial charge >= 0.3 is 12.0 Å². The number of carbonyl (C=O) groups is 4. The molecule has 1 aliphatic heterocycles. The second-order valence-corrected chi connectivity index (χ2v) is 7.94. The minimum atomic E-state index is -0.796. The van der Waals surface area contributed by atoms with Gasteiger partial charge in [-0.25, -0.2) is 9.59 Å².